The Morgan fingerprint density at radius 1 is 1.47 bits per heavy atom. The summed E-state index contributed by atoms with van der Waals surface area (Å²) in [5.74, 6) is 0. The monoisotopic (exact) mass is 268 g/mol. The third kappa shape index (κ3) is 2.51. The number of nitrogens with zero attached hydrogens (tertiary/aromatic N) is 1. The van der Waals surface area contributed by atoms with Gasteiger partial charge in [-0.25, -0.2) is 0 Å². The molecule has 0 aliphatic heterocycles. The first-order chi connectivity index (χ1) is 7.08. The highest BCUT2D eigenvalue weighted by Crippen LogP contribution is 2.39. The minimum Gasteiger partial charge on any atom is -0.380 e. The molecule has 0 spiro atoms. The van der Waals surface area contributed by atoms with Crippen LogP contribution in [-0.2, 0) is 0 Å². The summed E-state index contributed by atoms with van der Waals surface area (Å²) >= 11 is 3.44. The molecule has 0 bridgehead atoms. The topological polar surface area (TPSA) is 24.9 Å². The maximum Gasteiger partial charge on any atom is 0.0540 e. The van der Waals surface area contributed by atoms with E-state index in [9.17, 15) is 0 Å². The lowest BCUT2D eigenvalue weighted by atomic mass is 9.87. The van der Waals surface area contributed by atoms with E-state index in [4.69, 9.17) is 0 Å². The molecule has 82 valence electrons. The summed E-state index contributed by atoms with van der Waals surface area (Å²) in [5.41, 5.74) is 1.52. The summed E-state index contributed by atoms with van der Waals surface area (Å²) in [6, 6.07) is 2.66. The smallest absolute Gasteiger partial charge is 0.0540 e. The van der Waals surface area contributed by atoms with E-state index in [2.05, 4.69) is 46.1 Å². The summed E-state index contributed by atoms with van der Waals surface area (Å²) in [4.78, 5) is 4.16. The molecule has 1 aliphatic rings. The van der Waals surface area contributed by atoms with Crippen molar-refractivity contribution in [1.82, 2.24) is 4.98 Å². The van der Waals surface area contributed by atoms with E-state index in [-0.39, 0.29) is 0 Å². The van der Waals surface area contributed by atoms with E-state index in [1.165, 1.54) is 19.3 Å². The van der Waals surface area contributed by atoms with Crippen molar-refractivity contribution in [3.05, 3.63) is 22.9 Å². The quantitative estimate of drug-likeness (QED) is 0.882. The van der Waals surface area contributed by atoms with Crippen LogP contribution in [0.5, 0.6) is 0 Å². The van der Waals surface area contributed by atoms with Gasteiger partial charge in [-0.15, -0.1) is 0 Å². The second-order valence-corrected chi connectivity index (χ2v) is 5.89. The molecule has 1 aliphatic carbocycles. The first-order valence-electron chi connectivity index (χ1n) is 5.45. The zero-order valence-corrected chi connectivity index (χ0v) is 10.8. The Labute approximate surface area is 99.6 Å². The van der Waals surface area contributed by atoms with E-state index in [0.717, 1.165) is 10.2 Å². The van der Waals surface area contributed by atoms with Crippen LogP contribution in [0.25, 0.3) is 0 Å². The standard InChI is InChI=1S/C12H17BrN2/c1-12(2)5-3-4-11(12)15-10-6-9(13)7-14-8-10/h6-8,11,15H,3-5H2,1-2H3. The molecule has 0 radical (unpaired) electrons. The Bertz CT molecular complexity index is 349. The molecule has 2 nitrogen and oxygen atoms in total. The molecular weight excluding hydrogens is 252 g/mol. The van der Waals surface area contributed by atoms with Crippen LogP contribution in [0, 0.1) is 5.41 Å². The van der Waals surface area contributed by atoms with Crippen molar-refractivity contribution >= 4 is 21.6 Å². The molecule has 1 atom stereocenters. The number of hydrogen-bond acceptors (Lipinski definition) is 2. The number of halogens is 1. The lowest BCUT2D eigenvalue weighted by molar-refractivity contribution is 0.350. The fourth-order valence-corrected chi connectivity index (χ4v) is 2.65. The van der Waals surface area contributed by atoms with Gasteiger partial charge < -0.3 is 5.32 Å². The van der Waals surface area contributed by atoms with Gasteiger partial charge in [0.15, 0.2) is 0 Å². The summed E-state index contributed by atoms with van der Waals surface area (Å²) in [7, 11) is 0. The predicted molar refractivity (Wildman–Crippen MR) is 67.0 cm³/mol. The average molecular weight is 269 g/mol. The Kier molecular flexibility index (Phi) is 3.01. The molecule has 15 heavy (non-hydrogen) atoms. The van der Waals surface area contributed by atoms with E-state index in [0.29, 0.717) is 11.5 Å². The second kappa shape index (κ2) is 4.12. The van der Waals surface area contributed by atoms with Gasteiger partial charge in [-0.05, 0) is 40.3 Å². The van der Waals surface area contributed by atoms with Crippen molar-refractivity contribution in [3.63, 3.8) is 0 Å². The fraction of sp³-hybridized carbons (Fsp3) is 0.583. The first kappa shape index (κ1) is 10.9. The molecule has 1 aromatic heterocycles. The minimum absolute atomic E-state index is 0.405. The van der Waals surface area contributed by atoms with E-state index in [1.807, 2.05) is 12.4 Å². The highest BCUT2D eigenvalue weighted by atomic mass is 79.9. The van der Waals surface area contributed by atoms with Gasteiger partial charge in [-0.1, -0.05) is 20.3 Å². The van der Waals surface area contributed by atoms with Crippen molar-refractivity contribution in [2.45, 2.75) is 39.2 Å². The number of rotatable bonds is 2. The van der Waals surface area contributed by atoms with Gasteiger partial charge in [-0.3, -0.25) is 4.98 Å². The van der Waals surface area contributed by atoms with Gasteiger partial charge in [0.25, 0.3) is 0 Å². The Morgan fingerprint density at radius 3 is 2.87 bits per heavy atom. The van der Waals surface area contributed by atoms with E-state index >= 15 is 0 Å². The molecule has 0 amide bonds. The highest BCUT2D eigenvalue weighted by Gasteiger charge is 2.34. The van der Waals surface area contributed by atoms with Crippen molar-refractivity contribution < 1.29 is 0 Å². The number of aromatic nitrogens is 1. The van der Waals surface area contributed by atoms with Gasteiger partial charge in [0, 0.05) is 16.7 Å². The molecule has 1 N–H and O–H groups in total. The van der Waals surface area contributed by atoms with Gasteiger partial charge in [-0.2, -0.15) is 0 Å². The predicted octanol–water partition coefficient (Wildman–Crippen LogP) is 3.83. The van der Waals surface area contributed by atoms with Crippen LogP contribution in [0.15, 0.2) is 22.9 Å². The largest absolute Gasteiger partial charge is 0.380 e. The van der Waals surface area contributed by atoms with E-state index < -0.39 is 0 Å². The van der Waals surface area contributed by atoms with Crippen molar-refractivity contribution in [2.24, 2.45) is 5.41 Å². The molecule has 1 aromatic rings. The Morgan fingerprint density at radius 2 is 2.27 bits per heavy atom. The van der Waals surface area contributed by atoms with Crippen LogP contribution >= 0.6 is 15.9 Å². The molecule has 0 saturated heterocycles. The van der Waals surface area contributed by atoms with Gasteiger partial charge in [0.2, 0.25) is 0 Å². The Hall–Kier alpha value is -0.570. The molecule has 3 heteroatoms. The summed E-state index contributed by atoms with van der Waals surface area (Å²) in [5, 5.41) is 3.58. The van der Waals surface area contributed by atoms with Crippen LogP contribution < -0.4 is 5.32 Å². The average Bonchev–Trinajstić information content (AvgIpc) is 2.46. The number of anilines is 1. The lowest BCUT2D eigenvalue weighted by Crippen LogP contribution is -2.30. The molecule has 0 aromatic carbocycles. The number of hydrogen-bond donors (Lipinski definition) is 1. The normalized spacial score (nSPS) is 24.1. The number of pyridine rings is 1. The summed E-state index contributed by atoms with van der Waals surface area (Å²) in [6.45, 7) is 4.67. The van der Waals surface area contributed by atoms with Crippen LogP contribution in [0.3, 0.4) is 0 Å². The second-order valence-electron chi connectivity index (χ2n) is 4.97. The van der Waals surface area contributed by atoms with Gasteiger partial charge in [0.05, 0.1) is 11.9 Å². The van der Waals surface area contributed by atoms with Crippen molar-refractivity contribution in [3.8, 4) is 0 Å². The van der Waals surface area contributed by atoms with Crippen molar-refractivity contribution in [2.75, 3.05) is 5.32 Å². The van der Waals surface area contributed by atoms with Crippen LogP contribution in [0.1, 0.15) is 33.1 Å². The zero-order valence-electron chi connectivity index (χ0n) is 9.26. The molecule has 2 rings (SSSR count). The lowest BCUT2D eigenvalue weighted by Gasteiger charge is -2.28. The zero-order chi connectivity index (χ0) is 10.9. The third-order valence-corrected chi connectivity index (χ3v) is 3.74. The SMILES string of the molecule is CC1(C)CCCC1Nc1cncc(Br)c1. The number of nitrogens with one attached hydrogen (secondary N) is 1. The third-order valence-electron chi connectivity index (χ3n) is 3.30. The highest BCUT2D eigenvalue weighted by molar-refractivity contribution is 9.10. The summed E-state index contributed by atoms with van der Waals surface area (Å²) < 4.78 is 1.03. The molecule has 1 heterocycles. The maximum absolute atomic E-state index is 4.16. The van der Waals surface area contributed by atoms with Crippen LogP contribution in [0.4, 0.5) is 5.69 Å². The molecule has 1 saturated carbocycles. The summed E-state index contributed by atoms with van der Waals surface area (Å²) in [6.07, 6.45) is 7.60. The van der Waals surface area contributed by atoms with E-state index in [1.54, 1.807) is 0 Å². The van der Waals surface area contributed by atoms with Crippen LogP contribution in [-0.4, -0.2) is 11.0 Å². The molecular formula is C12H17BrN2. The molecule has 1 unspecified atom stereocenters. The van der Waals surface area contributed by atoms with Crippen LogP contribution in [0.2, 0.25) is 0 Å². The minimum atomic E-state index is 0.405. The van der Waals surface area contributed by atoms with Gasteiger partial charge in [0.1, 0.15) is 0 Å². The first-order valence-corrected chi connectivity index (χ1v) is 6.24. The maximum atomic E-state index is 4.16. The van der Waals surface area contributed by atoms with Gasteiger partial charge >= 0.3 is 0 Å². The van der Waals surface area contributed by atoms with Crippen molar-refractivity contribution in [1.29, 1.82) is 0 Å². The molecule has 1 fully saturated rings. The fourth-order valence-electron chi connectivity index (χ4n) is 2.29. The Balaban J connectivity index is 2.09.